The fourth-order valence-corrected chi connectivity index (χ4v) is 8.82. The Balaban J connectivity index is 1.35. The van der Waals surface area contributed by atoms with Gasteiger partial charge in [-0.25, -0.2) is 0 Å². The van der Waals surface area contributed by atoms with E-state index in [0.717, 1.165) is 34.4 Å². The van der Waals surface area contributed by atoms with E-state index in [0.29, 0.717) is 69.2 Å². The number of rotatable bonds is 12. The molecule has 3 aliphatic carbocycles. The molecule has 5 atom stereocenters. The van der Waals surface area contributed by atoms with Crippen molar-refractivity contribution in [3.63, 3.8) is 0 Å². The lowest BCUT2D eigenvalue weighted by Crippen LogP contribution is -2.53. The molecule has 7 rings (SSSR count). The molecule has 0 saturated heterocycles. The summed E-state index contributed by atoms with van der Waals surface area (Å²) in [5, 5.41) is 35.3. The van der Waals surface area contributed by atoms with Gasteiger partial charge in [-0.15, -0.1) is 0 Å². The Bertz CT molecular complexity index is 1950. The molecule has 4 aromatic rings. The summed E-state index contributed by atoms with van der Waals surface area (Å²) in [4.78, 5) is 16.5. The monoisotopic (exact) mass is 769 g/mol. The minimum Gasteiger partial charge on any atom is -0.393 e. The summed E-state index contributed by atoms with van der Waals surface area (Å²) in [6.07, 6.45) is -0.215. The van der Waals surface area contributed by atoms with Crippen LogP contribution in [0.25, 0.3) is 0 Å². The zero-order chi connectivity index (χ0) is 39.9. The molecule has 0 aliphatic heterocycles. The predicted octanol–water partition coefficient (Wildman–Crippen LogP) is 9.05. The molecule has 6 nitrogen and oxygen atoms in total. The topological polar surface area (TPSA) is 90.2 Å². The molecule has 1 saturated carbocycles. The first-order valence-electron chi connectivity index (χ1n) is 19.7. The number of allylic oxidation sites excluding steroid dienone is 2. The molecule has 9 heteroatoms. The number of benzene rings is 4. The standard InChI is InChI=1S/C47H54F3NO5/c1-33-11-10-23-45(2)43(41-21-19-36(25-39(52)20-18-33)26-42(41)44(54)37-16-9-17-38(27-37)47(48,49)50)22-24-46(45,55)32-51(28-34-12-5-3-6-13-34)29-40(53)31-56-30-35-14-7-4-8-15-35/h3-9,11-17,19,21,26-27,39-40,43,52-53,55H,10,18,20,22-25,28-32H2,1-2H3/t39-,40+,43-,45-,46+/m0/s1. The Morgan fingerprint density at radius 3 is 2.36 bits per heavy atom. The van der Waals surface area contributed by atoms with Crippen LogP contribution in [0.5, 0.6) is 0 Å². The van der Waals surface area contributed by atoms with Crippen LogP contribution in [0.2, 0.25) is 0 Å². The molecule has 0 radical (unpaired) electrons. The maximum Gasteiger partial charge on any atom is 0.416 e. The van der Waals surface area contributed by atoms with Crippen molar-refractivity contribution in [3.8, 4) is 0 Å². The average Bonchev–Trinajstić information content (AvgIpc) is 3.42. The molecule has 0 amide bonds. The minimum absolute atomic E-state index is 0.0640. The number of hydrogen-bond acceptors (Lipinski definition) is 6. The molecular formula is C47H54F3NO5. The highest BCUT2D eigenvalue weighted by molar-refractivity contribution is 6.10. The zero-order valence-corrected chi connectivity index (χ0v) is 32.3. The van der Waals surface area contributed by atoms with E-state index in [9.17, 15) is 33.3 Å². The van der Waals surface area contributed by atoms with Gasteiger partial charge < -0.3 is 20.1 Å². The first-order valence-corrected chi connectivity index (χ1v) is 19.7. The van der Waals surface area contributed by atoms with Crippen LogP contribution in [0.4, 0.5) is 13.2 Å². The Morgan fingerprint density at radius 1 is 0.929 bits per heavy atom. The summed E-state index contributed by atoms with van der Waals surface area (Å²) >= 11 is 0. The third kappa shape index (κ3) is 10.1. The molecule has 56 heavy (non-hydrogen) atoms. The smallest absolute Gasteiger partial charge is 0.393 e. The van der Waals surface area contributed by atoms with E-state index < -0.39 is 40.7 Å². The molecule has 3 aliphatic rings. The molecule has 0 spiro atoms. The van der Waals surface area contributed by atoms with Crippen molar-refractivity contribution in [2.24, 2.45) is 5.41 Å². The number of fused-ring (bicyclic) bond motifs is 8. The Hall–Kier alpha value is -4.12. The second-order valence-corrected chi connectivity index (χ2v) is 16.2. The Labute approximate surface area is 328 Å². The van der Waals surface area contributed by atoms with Gasteiger partial charge in [0.15, 0.2) is 5.78 Å². The second kappa shape index (κ2) is 18.0. The van der Waals surface area contributed by atoms with Crippen molar-refractivity contribution in [2.75, 3.05) is 19.7 Å². The van der Waals surface area contributed by atoms with Crippen LogP contribution in [-0.4, -0.2) is 63.5 Å². The third-order valence-corrected chi connectivity index (χ3v) is 12.0. The van der Waals surface area contributed by atoms with Gasteiger partial charge >= 0.3 is 6.18 Å². The van der Waals surface area contributed by atoms with E-state index in [4.69, 9.17) is 4.74 Å². The number of carbonyl (C=O) groups excluding carboxylic acids is 1. The van der Waals surface area contributed by atoms with Gasteiger partial charge in [0.2, 0.25) is 0 Å². The SMILES string of the molecule is CC1=CCC[C@@]2(C)[C@@H](CC[C@@]2(O)CN(Cc2ccccc2)C[C@@H](O)COCc2ccccc2)c2ccc(cc2C(=O)c2cccc(C(F)(F)F)c2)C[C@@H](O)CC1. The van der Waals surface area contributed by atoms with Crippen LogP contribution in [0.15, 0.2) is 115 Å². The van der Waals surface area contributed by atoms with Crippen LogP contribution in [0.3, 0.4) is 0 Å². The highest BCUT2D eigenvalue weighted by Crippen LogP contribution is 2.59. The number of halogens is 3. The lowest BCUT2D eigenvalue weighted by atomic mass is 9.64. The van der Waals surface area contributed by atoms with Gasteiger partial charge in [-0.3, -0.25) is 9.69 Å². The van der Waals surface area contributed by atoms with Gasteiger partial charge in [0.05, 0.1) is 36.6 Å². The van der Waals surface area contributed by atoms with Crippen molar-refractivity contribution in [1.82, 2.24) is 4.90 Å². The van der Waals surface area contributed by atoms with E-state index >= 15 is 0 Å². The summed E-state index contributed by atoms with van der Waals surface area (Å²) in [5.74, 6) is -0.835. The second-order valence-electron chi connectivity index (χ2n) is 16.2. The van der Waals surface area contributed by atoms with E-state index in [1.807, 2.05) is 72.8 Å². The molecule has 3 N–H and O–H groups in total. The van der Waals surface area contributed by atoms with Crippen LogP contribution >= 0.6 is 0 Å². The van der Waals surface area contributed by atoms with Crippen molar-refractivity contribution in [1.29, 1.82) is 0 Å². The van der Waals surface area contributed by atoms with E-state index in [2.05, 4.69) is 24.8 Å². The molecule has 0 aromatic heterocycles. The van der Waals surface area contributed by atoms with Crippen molar-refractivity contribution in [2.45, 2.75) is 102 Å². The number of aliphatic hydroxyl groups is 3. The van der Waals surface area contributed by atoms with E-state index in [-0.39, 0.29) is 31.2 Å². The maximum atomic E-state index is 14.4. The normalized spacial score (nSPS) is 23.7. The van der Waals surface area contributed by atoms with Gasteiger partial charge in [-0.1, -0.05) is 104 Å². The number of ether oxygens (including phenoxy) is 1. The van der Waals surface area contributed by atoms with Gasteiger partial charge in [-0.05, 0) is 98.2 Å². The maximum absolute atomic E-state index is 14.4. The number of aliphatic hydroxyl groups excluding tert-OH is 2. The van der Waals surface area contributed by atoms with Gasteiger partial charge in [-0.2, -0.15) is 13.2 Å². The Morgan fingerprint density at radius 2 is 1.64 bits per heavy atom. The van der Waals surface area contributed by atoms with Crippen LogP contribution < -0.4 is 0 Å². The number of carbonyl (C=O) groups is 1. The predicted molar refractivity (Wildman–Crippen MR) is 212 cm³/mol. The quantitative estimate of drug-likeness (QED) is 0.0985. The molecule has 0 heterocycles. The van der Waals surface area contributed by atoms with Crippen molar-refractivity contribution in [3.05, 3.63) is 154 Å². The lowest BCUT2D eigenvalue weighted by Gasteiger charge is -2.46. The molecular weight excluding hydrogens is 716 g/mol. The van der Waals surface area contributed by atoms with Gasteiger partial charge in [0, 0.05) is 36.2 Å². The highest BCUT2D eigenvalue weighted by atomic mass is 19.4. The summed E-state index contributed by atoms with van der Waals surface area (Å²) in [7, 11) is 0. The highest BCUT2D eigenvalue weighted by Gasteiger charge is 2.57. The largest absolute Gasteiger partial charge is 0.416 e. The van der Waals surface area contributed by atoms with Crippen molar-refractivity contribution >= 4 is 5.78 Å². The molecule has 1 fully saturated rings. The summed E-state index contributed by atoms with van der Waals surface area (Å²) < 4.78 is 47.3. The summed E-state index contributed by atoms with van der Waals surface area (Å²) in [6, 6.07) is 29.7. The molecule has 298 valence electrons. The minimum atomic E-state index is -4.61. The fourth-order valence-electron chi connectivity index (χ4n) is 8.82. The van der Waals surface area contributed by atoms with E-state index in [1.54, 1.807) is 6.07 Å². The average molecular weight is 770 g/mol. The van der Waals surface area contributed by atoms with Gasteiger partial charge in [0.25, 0.3) is 0 Å². The summed E-state index contributed by atoms with van der Waals surface area (Å²) in [5.41, 5.74) is 1.90. The summed E-state index contributed by atoms with van der Waals surface area (Å²) in [6.45, 7) is 5.60. The lowest BCUT2D eigenvalue weighted by molar-refractivity contribution is -0.137. The zero-order valence-electron chi connectivity index (χ0n) is 32.3. The number of hydrogen-bond donors (Lipinski definition) is 3. The third-order valence-electron chi connectivity index (χ3n) is 12.0. The molecule has 2 bridgehead atoms. The fraction of sp³-hybridized carbons (Fsp3) is 0.426. The number of alkyl halides is 3. The van der Waals surface area contributed by atoms with Gasteiger partial charge in [0.1, 0.15) is 0 Å². The first kappa shape index (κ1) is 41.5. The van der Waals surface area contributed by atoms with Crippen LogP contribution in [-0.2, 0) is 30.5 Å². The molecule has 0 unspecified atom stereocenters. The molecule has 4 aromatic carbocycles. The van der Waals surface area contributed by atoms with E-state index in [1.165, 1.54) is 12.1 Å². The van der Waals surface area contributed by atoms with Crippen LogP contribution in [0, 0.1) is 5.41 Å². The number of ketones is 1. The van der Waals surface area contributed by atoms with Crippen molar-refractivity contribution < 1.29 is 38.0 Å². The van der Waals surface area contributed by atoms with Crippen LogP contribution in [0.1, 0.15) is 102 Å². The number of nitrogens with zero attached hydrogens (tertiary/aromatic N) is 1. The Kier molecular flexibility index (Phi) is 13.3. The first-order chi connectivity index (χ1) is 26.7.